The lowest BCUT2D eigenvalue weighted by molar-refractivity contribution is 0.270. The van der Waals surface area contributed by atoms with E-state index in [1.54, 1.807) is 12.3 Å². The van der Waals surface area contributed by atoms with E-state index in [2.05, 4.69) is 16.2 Å². The van der Waals surface area contributed by atoms with E-state index in [4.69, 9.17) is 10.8 Å². The van der Waals surface area contributed by atoms with Gasteiger partial charge < -0.3 is 15.8 Å². The molecule has 0 fully saturated rings. The molecule has 0 aliphatic heterocycles. The van der Waals surface area contributed by atoms with Gasteiger partial charge in [0.2, 0.25) is 0 Å². The van der Waals surface area contributed by atoms with Gasteiger partial charge in [0.15, 0.2) is 0 Å². The fourth-order valence-corrected chi connectivity index (χ4v) is 2.56. The molecule has 0 saturated carbocycles. The average Bonchev–Trinajstić information content (AvgIpc) is 3.14. The third-order valence-electron chi connectivity index (χ3n) is 3.71. The molecule has 3 rings (SSSR count). The fraction of sp³-hybridized carbons (Fsp3) is 0.118. The summed E-state index contributed by atoms with van der Waals surface area (Å²) < 4.78 is 1.33. The Hall–Kier alpha value is -3.55. The number of aliphatic hydroxyl groups is 1. The maximum atomic E-state index is 9.52. The maximum absolute atomic E-state index is 9.52. The first-order chi connectivity index (χ1) is 11.7. The highest BCUT2D eigenvalue weighted by atomic mass is 16.3. The molecule has 0 atom stereocenters. The number of nitrogens with two attached hydrogens (primary N) is 1. The highest BCUT2D eigenvalue weighted by Crippen LogP contribution is 2.27. The van der Waals surface area contributed by atoms with Crippen molar-refractivity contribution in [2.24, 2.45) is 0 Å². The number of aromatic nitrogens is 3. The van der Waals surface area contributed by atoms with Crippen molar-refractivity contribution >= 4 is 28.4 Å². The zero-order valence-corrected chi connectivity index (χ0v) is 12.7. The minimum absolute atomic E-state index is 0.135. The number of hydrogen-bond acceptors (Lipinski definition) is 5. The molecule has 7 heteroatoms. The number of nitrogens with one attached hydrogen (secondary N) is 1. The summed E-state index contributed by atoms with van der Waals surface area (Å²) in [5.74, 6) is 0.140. The molecule has 4 N–H and O–H groups in total. The SMILES string of the molecule is N#C/C(=C\c1c[nH]c2ccccc12)c1nn(CCO)c(N)c1C#N. The van der Waals surface area contributed by atoms with Crippen LogP contribution in [0.1, 0.15) is 16.8 Å². The fourth-order valence-electron chi connectivity index (χ4n) is 2.56. The number of nitrogens with zero attached hydrogens (tertiary/aromatic N) is 4. The predicted molar refractivity (Wildman–Crippen MR) is 90.2 cm³/mol. The summed E-state index contributed by atoms with van der Waals surface area (Å²) in [6.07, 6.45) is 3.47. The zero-order valence-electron chi connectivity index (χ0n) is 12.7. The van der Waals surface area contributed by atoms with Gasteiger partial charge in [0.25, 0.3) is 0 Å². The monoisotopic (exact) mass is 318 g/mol. The number of aromatic amines is 1. The summed E-state index contributed by atoms with van der Waals surface area (Å²) in [5, 5.41) is 33.1. The van der Waals surface area contributed by atoms with E-state index in [9.17, 15) is 10.5 Å². The maximum Gasteiger partial charge on any atom is 0.140 e. The van der Waals surface area contributed by atoms with E-state index < -0.39 is 0 Å². The lowest BCUT2D eigenvalue weighted by Crippen LogP contribution is -2.07. The molecule has 0 spiro atoms. The lowest BCUT2D eigenvalue weighted by atomic mass is 10.1. The Morgan fingerprint density at radius 2 is 2.17 bits per heavy atom. The largest absolute Gasteiger partial charge is 0.394 e. The summed E-state index contributed by atoms with van der Waals surface area (Å²) >= 11 is 0. The molecular weight excluding hydrogens is 304 g/mol. The van der Waals surface area contributed by atoms with Crippen molar-refractivity contribution in [3.63, 3.8) is 0 Å². The Morgan fingerprint density at radius 3 is 2.88 bits per heavy atom. The van der Waals surface area contributed by atoms with Crippen molar-refractivity contribution in [3.8, 4) is 12.1 Å². The predicted octanol–water partition coefficient (Wildman–Crippen LogP) is 1.87. The molecule has 0 radical (unpaired) electrons. The Bertz CT molecular complexity index is 1010. The second-order valence-corrected chi connectivity index (χ2v) is 5.13. The number of allylic oxidation sites excluding steroid dienone is 1. The van der Waals surface area contributed by atoms with Gasteiger partial charge in [-0.1, -0.05) is 18.2 Å². The molecule has 0 unspecified atom stereocenters. The number of anilines is 1. The summed E-state index contributed by atoms with van der Waals surface area (Å²) in [5.41, 5.74) is 8.24. The number of nitrogen functional groups attached to an aromatic ring is 1. The van der Waals surface area contributed by atoms with E-state index >= 15 is 0 Å². The third-order valence-corrected chi connectivity index (χ3v) is 3.71. The molecular formula is C17H14N6O. The first kappa shape index (κ1) is 15.3. The highest BCUT2D eigenvalue weighted by Gasteiger charge is 2.19. The van der Waals surface area contributed by atoms with Crippen molar-refractivity contribution in [3.05, 3.63) is 47.3 Å². The minimum Gasteiger partial charge on any atom is -0.394 e. The van der Waals surface area contributed by atoms with E-state index in [0.29, 0.717) is 0 Å². The molecule has 7 nitrogen and oxygen atoms in total. The van der Waals surface area contributed by atoms with Crippen LogP contribution in [0.25, 0.3) is 22.6 Å². The van der Waals surface area contributed by atoms with E-state index in [-0.39, 0.29) is 35.8 Å². The van der Waals surface area contributed by atoms with Crippen molar-refractivity contribution in [1.82, 2.24) is 14.8 Å². The van der Waals surface area contributed by atoms with Gasteiger partial charge in [-0.15, -0.1) is 0 Å². The van der Waals surface area contributed by atoms with Crippen molar-refractivity contribution in [2.45, 2.75) is 6.54 Å². The lowest BCUT2D eigenvalue weighted by Gasteiger charge is -1.98. The first-order valence-electron chi connectivity index (χ1n) is 7.25. The van der Waals surface area contributed by atoms with Crippen LogP contribution in [0.15, 0.2) is 30.5 Å². The number of H-pyrrole nitrogens is 1. The molecule has 1 aromatic carbocycles. The summed E-state index contributed by atoms with van der Waals surface area (Å²) in [4.78, 5) is 3.13. The van der Waals surface area contributed by atoms with Crippen molar-refractivity contribution < 1.29 is 5.11 Å². The molecule has 24 heavy (non-hydrogen) atoms. The molecule has 0 aliphatic carbocycles. The Labute approximate surface area is 137 Å². The summed E-state index contributed by atoms with van der Waals surface area (Å²) in [7, 11) is 0. The van der Waals surface area contributed by atoms with Crippen LogP contribution in [0, 0.1) is 22.7 Å². The molecule has 3 aromatic rings. The summed E-state index contributed by atoms with van der Waals surface area (Å²) in [6.45, 7) is -0.00343. The number of aliphatic hydroxyl groups excluding tert-OH is 1. The Morgan fingerprint density at radius 1 is 1.38 bits per heavy atom. The number of hydrogen-bond donors (Lipinski definition) is 3. The Kier molecular flexibility index (Phi) is 4.02. The molecule has 2 aromatic heterocycles. The molecule has 0 bridgehead atoms. The first-order valence-corrected chi connectivity index (χ1v) is 7.25. The van der Waals surface area contributed by atoms with Crippen LogP contribution in [-0.4, -0.2) is 26.5 Å². The minimum atomic E-state index is -0.162. The van der Waals surface area contributed by atoms with E-state index in [1.807, 2.05) is 30.3 Å². The van der Waals surface area contributed by atoms with Gasteiger partial charge in [-0.2, -0.15) is 15.6 Å². The van der Waals surface area contributed by atoms with E-state index in [1.165, 1.54) is 4.68 Å². The van der Waals surface area contributed by atoms with Crippen LogP contribution in [0.2, 0.25) is 0 Å². The average molecular weight is 318 g/mol. The van der Waals surface area contributed by atoms with Gasteiger partial charge in [0, 0.05) is 22.7 Å². The molecule has 0 saturated heterocycles. The third kappa shape index (κ3) is 2.50. The van der Waals surface area contributed by atoms with Crippen LogP contribution < -0.4 is 5.73 Å². The second kappa shape index (κ2) is 6.29. The topological polar surface area (TPSA) is 127 Å². The number of benzene rings is 1. The molecule has 118 valence electrons. The number of para-hydroxylation sites is 1. The Balaban J connectivity index is 2.15. The van der Waals surface area contributed by atoms with E-state index in [0.717, 1.165) is 16.5 Å². The highest BCUT2D eigenvalue weighted by molar-refractivity contribution is 5.98. The van der Waals surface area contributed by atoms with Crippen LogP contribution in [0.3, 0.4) is 0 Å². The smallest absolute Gasteiger partial charge is 0.140 e. The van der Waals surface area contributed by atoms with Gasteiger partial charge in [-0.05, 0) is 12.1 Å². The van der Waals surface area contributed by atoms with Gasteiger partial charge in [-0.3, -0.25) is 0 Å². The van der Waals surface area contributed by atoms with Gasteiger partial charge >= 0.3 is 0 Å². The van der Waals surface area contributed by atoms with Gasteiger partial charge in [0.1, 0.15) is 29.2 Å². The molecule has 0 amide bonds. The van der Waals surface area contributed by atoms with Crippen molar-refractivity contribution in [2.75, 3.05) is 12.3 Å². The molecule has 2 heterocycles. The van der Waals surface area contributed by atoms with Crippen LogP contribution >= 0.6 is 0 Å². The summed E-state index contributed by atoms with van der Waals surface area (Å²) in [6, 6.07) is 11.8. The second-order valence-electron chi connectivity index (χ2n) is 5.13. The van der Waals surface area contributed by atoms with Crippen molar-refractivity contribution in [1.29, 1.82) is 10.5 Å². The number of nitriles is 2. The van der Waals surface area contributed by atoms with Gasteiger partial charge in [0.05, 0.1) is 18.7 Å². The normalized spacial score (nSPS) is 11.4. The zero-order chi connectivity index (χ0) is 17.1. The quantitative estimate of drug-likeness (QED) is 0.633. The number of rotatable bonds is 4. The van der Waals surface area contributed by atoms with Gasteiger partial charge in [-0.25, -0.2) is 4.68 Å². The standard InChI is InChI=1S/C17H14N6O/c18-8-11(7-12-10-21-15-4-2-1-3-13(12)15)16-14(9-19)17(20)23(22-16)5-6-24/h1-4,7,10,21,24H,5-6,20H2/b11-7+. The van der Waals surface area contributed by atoms with Crippen LogP contribution in [0.4, 0.5) is 5.82 Å². The van der Waals surface area contributed by atoms with Crippen LogP contribution in [-0.2, 0) is 6.54 Å². The van der Waals surface area contributed by atoms with Crippen LogP contribution in [0.5, 0.6) is 0 Å². The molecule has 0 aliphatic rings. The number of fused-ring (bicyclic) bond motifs is 1.